The van der Waals surface area contributed by atoms with Crippen LogP contribution in [0.15, 0.2) is 42.5 Å². The van der Waals surface area contributed by atoms with Crippen molar-refractivity contribution in [2.45, 2.75) is 32.2 Å². The first-order chi connectivity index (χ1) is 14.5. The van der Waals surface area contributed by atoms with Crippen molar-refractivity contribution in [1.82, 2.24) is 10.2 Å². The number of hydrogen-bond donors (Lipinski definition) is 2. The van der Waals surface area contributed by atoms with Crippen LogP contribution in [-0.2, 0) is 16.0 Å². The average Bonchev–Trinajstić information content (AvgIpc) is 3.40. The fraction of sp³-hybridized carbons (Fsp3) is 0.417. The van der Waals surface area contributed by atoms with Crippen molar-refractivity contribution >= 4 is 23.2 Å². The van der Waals surface area contributed by atoms with E-state index in [-0.39, 0.29) is 6.04 Å². The summed E-state index contributed by atoms with van der Waals surface area (Å²) < 4.78 is 0. The minimum absolute atomic E-state index is 0.0823. The van der Waals surface area contributed by atoms with Gasteiger partial charge in [0, 0.05) is 31.5 Å². The predicted octanol–water partition coefficient (Wildman–Crippen LogP) is 2.88. The Hall–Kier alpha value is -2.86. The molecule has 0 saturated carbocycles. The molecular formula is C24H30N4O2. The van der Waals surface area contributed by atoms with E-state index in [0.717, 1.165) is 31.6 Å². The second-order valence-electron chi connectivity index (χ2n) is 8.30. The number of likely N-dealkylation sites (N-methyl/N-ethyl adjacent to an activating group) is 1. The van der Waals surface area contributed by atoms with Crippen LogP contribution in [-0.4, -0.2) is 49.9 Å². The van der Waals surface area contributed by atoms with E-state index in [1.807, 2.05) is 25.1 Å². The Morgan fingerprint density at radius 2 is 1.80 bits per heavy atom. The van der Waals surface area contributed by atoms with Crippen molar-refractivity contribution in [3.8, 4) is 0 Å². The molecule has 1 saturated heterocycles. The van der Waals surface area contributed by atoms with Gasteiger partial charge in [-0.2, -0.15) is 0 Å². The highest BCUT2D eigenvalue weighted by Crippen LogP contribution is 2.32. The Labute approximate surface area is 178 Å². The van der Waals surface area contributed by atoms with Crippen LogP contribution in [0, 0.1) is 6.92 Å². The largest absolute Gasteiger partial charge is 0.374 e. The molecule has 1 unspecified atom stereocenters. The van der Waals surface area contributed by atoms with E-state index in [4.69, 9.17) is 0 Å². The van der Waals surface area contributed by atoms with Crippen molar-refractivity contribution in [1.29, 1.82) is 0 Å². The first-order valence-corrected chi connectivity index (χ1v) is 10.8. The number of nitrogens with one attached hydrogen (secondary N) is 2. The maximum Gasteiger partial charge on any atom is 0.313 e. The molecule has 2 amide bonds. The minimum Gasteiger partial charge on any atom is -0.374 e. The Kier molecular flexibility index (Phi) is 6.04. The second kappa shape index (κ2) is 8.88. The number of carbonyl (C=O) groups is 2. The number of aryl methyl sites for hydroxylation is 1. The van der Waals surface area contributed by atoms with E-state index in [9.17, 15) is 9.59 Å². The zero-order chi connectivity index (χ0) is 21.1. The molecule has 2 aliphatic heterocycles. The van der Waals surface area contributed by atoms with Crippen molar-refractivity contribution in [2.24, 2.45) is 0 Å². The lowest BCUT2D eigenvalue weighted by Gasteiger charge is -2.28. The van der Waals surface area contributed by atoms with Gasteiger partial charge in [0.05, 0.1) is 6.04 Å². The van der Waals surface area contributed by atoms with Crippen LogP contribution in [0.5, 0.6) is 0 Å². The van der Waals surface area contributed by atoms with Crippen LogP contribution in [0.25, 0.3) is 0 Å². The molecule has 0 bridgehead atoms. The molecule has 2 heterocycles. The van der Waals surface area contributed by atoms with Crippen LogP contribution in [0.3, 0.4) is 0 Å². The number of anilines is 2. The zero-order valence-electron chi connectivity index (χ0n) is 17.8. The van der Waals surface area contributed by atoms with E-state index < -0.39 is 11.8 Å². The van der Waals surface area contributed by atoms with Gasteiger partial charge >= 0.3 is 11.8 Å². The maximum absolute atomic E-state index is 12.5. The summed E-state index contributed by atoms with van der Waals surface area (Å²) in [7, 11) is 2.12. The number of nitrogens with zero attached hydrogens (tertiary/aromatic N) is 2. The lowest BCUT2D eigenvalue weighted by molar-refractivity contribution is -0.136. The highest BCUT2D eigenvalue weighted by atomic mass is 16.2. The number of carbonyl (C=O) groups excluding carboxylic acids is 2. The molecule has 158 valence electrons. The van der Waals surface area contributed by atoms with E-state index in [0.29, 0.717) is 12.2 Å². The van der Waals surface area contributed by atoms with Crippen molar-refractivity contribution < 1.29 is 9.59 Å². The molecule has 2 aromatic carbocycles. The first-order valence-electron chi connectivity index (χ1n) is 10.8. The van der Waals surface area contributed by atoms with E-state index >= 15 is 0 Å². The number of benzene rings is 2. The topological polar surface area (TPSA) is 64.7 Å². The van der Waals surface area contributed by atoms with Crippen LogP contribution in [0.2, 0.25) is 0 Å². The molecular weight excluding hydrogens is 376 g/mol. The third-order valence-corrected chi connectivity index (χ3v) is 6.25. The number of hydrogen-bond acceptors (Lipinski definition) is 4. The van der Waals surface area contributed by atoms with Gasteiger partial charge in [-0.3, -0.25) is 14.5 Å². The molecule has 0 aromatic heterocycles. The van der Waals surface area contributed by atoms with Gasteiger partial charge in [0.2, 0.25) is 0 Å². The number of amides is 2. The third-order valence-electron chi connectivity index (χ3n) is 6.25. The Bertz CT molecular complexity index is 937. The van der Waals surface area contributed by atoms with Crippen LogP contribution in [0.1, 0.15) is 35.6 Å². The smallest absolute Gasteiger partial charge is 0.313 e. The lowest BCUT2D eigenvalue weighted by atomic mass is 10.0. The van der Waals surface area contributed by atoms with Crippen LogP contribution < -0.4 is 15.5 Å². The summed E-state index contributed by atoms with van der Waals surface area (Å²) in [6, 6.07) is 14.2. The molecule has 1 fully saturated rings. The van der Waals surface area contributed by atoms with Gasteiger partial charge in [-0.25, -0.2) is 0 Å². The van der Waals surface area contributed by atoms with Crippen molar-refractivity contribution in [3.05, 3.63) is 59.2 Å². The maximum atomic E-state index is 12.5. The molecule has 1 atom stereocenters. The monoisotopic (exact) mass is 406 g/mol. The van der Waals surface area contributed by atoms with Gasteiger partial charge < -0.3 is 15.5 Å². The van der Waals surface area contributed by atoms with Crippen LogP contribution >= 0.6 is 0 Å². The van der Waals surface area contributed by atoms with Gasteiger partial charge in [-0.1, -0.05) is 30.3 Å². The fourth-order valence-electron chi connectivity index (χ4n) is 4.47. The van der Waals surface area contributed by atoms with Gasteiger partial charge in [-0.05, 0) is 68.1 Å². The van der Waals surface area contributed by atoms with Gasteiger partial charge in [-0.15, -0.1) is 0 Å². The summed E-state index contributed by atoms with van der Waals surface area (Å²) >= 11 is 0. The minimum atomic E-state index is -0.625. The Morgan fingerprint density at radius 1 is 1.03 bits per heavy atom. The number of fused-ring (bicyclic) bond motifs is 1. The second-order valence-corrected chi connectivity index (χ2v) is 8.30. The van der Waals surface area contributed by atoms with Crippen molar-refractivity contribution in [3.63, 3.8) is 0 Å². The van der Waals surface area contributed by atoms with Gasteiger partial charge in [0.25, 0.3) is 0 Å². The molecule has 6 heteroatoms. The number of rotatable bonds is 5. The van der Waals surface area contributed by atoms with Crippen molar-refractivity contribution in [2.75, 3.05) is 43.4 Å². The van der Waals surface area contributed by atoms with E-state index in [2.05, 4.69) is 45.7 Å². The fourth-order valence-corrected chi connectivity index (χ4v) is 4.47. The highest BCUT2D eigenvalue weighted by Gasteiger charge is 2.27. The highest BCUT2D eigenvalue weighted by molar-refractivity contribution is 6.39. The standard InChI is InChI=1S/C24H30N4O2/c1-17-7-3-4-8-20(17)26-24(30)23(29)25-16-22(28-12-5-6-13-28)18-9-10-21-19(15-18)11-14-27(21)2/h3-4,7-10,15,22H,5-6,11-14,16H2,1-2H3,(H,25,29)(H,26,30). The lowest BCUT2D eigenvalue weighted by Crippen LogP contribution is -2.41. The summed E-state index contributed by atoms with van der Waals surface area (Å²) in [6.45, 7) is 5.42. The van der Waals surface area contributed by atoms with E-state index in [1.54, 1.807) is 6.07 Å². The molecule has 2 N–H and O–H groups in total. The summed E-state index contributed by atoms with van der Waals surface area (Å²) in [5.41, 5.74) is 5.46. The molecule has 0 spiro atoms. The molecule has 0 radical (unpaired) electrons. The molecule has 2 aromatic rings. The average molecular weight is 407 g/mol. The molecule has 30 heavy (non-hydrogen) atoms. The Morgan fingerprint density at radius 3 is 2.57 bits per heavy atom. The molecule has 6 nitrogen and oxygen atoms in total. The summed E-state index contributed by atoms with van der Waals surface area (Å²) in [5, 5.41) is 5.58. The first kappa shape index (κ1) is 20.4. The molecule has 2 aliphatic rings. The van der Waals surface area contributed by atoms with Crippen LogP contribution in [0.4, 0.5) is 11.4 Å². The predicted molar refractivity (Wildman–Crippen MR) is 120 cm³/mol. The Balaban J connectivity index is 1.44. The summed E-state index contributed by atoms with van der Waals surface area (Å²) in [5.74, 6) is -1.22. The molecule has 4 rings (SSSR count). The number of para-hydroxylation sites is 1. The SMILES string of the molecule is Cc1ccccc1NC(=O)C(=O)NCC(c1ccc2c(c1)CCN2C)N1CCCC1. The van der Waals surface area contributed by atoms with Gasteiger partial charge in [0.15, 0.2) is 0 Å². The molecule has 0 aliphatic carbocycles. The normalized spacial score (nSPS) is 16.9. The van der Waals surface area contributed by atoms with Gasteiger partial charge in [0.1, 0.15) is 0 Å². The quantitative estimate of drug-likeness (QED) is 0.750. The number of likely N-dealkylation sites (tertiary alicyclic amines) is 1. The zero-order valence-corrected chi connectivity index (χ0v) is 17.8. The summed E-state index contributed by atoms with van der Waals surface area (Å²) in [4.78, 5) is 29.6. The van der Waals surface area contributed by atoms with E-state index in [1.165, 1.54) is 29.7 Å². The summed E-state index contributed by atoms with van der Waals surface area (Å²) in [6.07, 6.45) is 3.40. The third kappa shape index (κ3) is 4.33.